The van der Waals surface area contributed by atoms with E-state index in [0.717, 1.165) is 5.56 Å². The fourth-order valence-electron chi connectivity index (χ4n) is 2.14. The molecule has 0 aliphatic carbocycles. The second-order valence-corrected chi connectivity index (χ2v) is 4.60. The Hall–Kier alpha value is -2.94. The van der Waals surface area contributed by atoms with E-state index in [0.29, 0.717) is 23.2 Å². The summed E-state index contributed by atoms with van der Waals surface area (Å²) >= 11 is 0. The van der Waals surface area contributed by atoms with Gasteiger partial charge in [-0.3, -0.25) is 9.59 Å². The third kappa shape index (κ3) is 2.67. The highest BCUT2D eigenvalue weighted by Crippen LogP contribution is 2.23. The van der Waals surface area contributed by atoms with Gasteiger partial charge in [-0.1, -0.05) is 48.5 Å². The molecule has 3 nitrogen and oxygen atoms in total. The van der Waals surface area contributed by atoms with Crippen LogP contribution in [0.1, 0.15) is 26.5 Å². The molecule has 1 heterocycles. The number of carbonyl (C=O) groups excluding carboxylic acids is 2. The molecule has 2 aromatic carbocycles. The molecule has 102 valence electrons. The first kappa shape index (κ1) is 13.1. The number of hydrogen-bond donors (Lipinski definition) is 0. The first-order valence-electron chi connectivity index (χ1n) is 6.53. The Balaban J connectivity index is 1.96. The van der Waals surface area contributed by atoms with E-state index >= 15 is 0 Å². The van der Waals surface area contributed by atoms with Crippen LogP contribution in [0.5, 0.6) is 0 Å². The Morgan fingerprint density at radius 1 is 0.857 bits per heavy atom. The molecule has 3 rings (SSSR count). The Morgan fingerprint density at radius 3 is 2.33 bits per heavy atom. The lowest BCUT2D eigenvalue weighted by Crippen LogP contribution is -2.00. The molecular formula is C18H12O3. The van der Waals surface area contributed by atoms with Gasteiger partial charge in [0.1, 0.15) is 5.76 Å². The molecule has 0 radical (unpaired) electrons. The number of aldehydes is 1. The third-order valence-corrected chi connectivity index (χ3v) is 3.19. The molecule has 3 heteroatoms. The Morgan fingerprint density at radius 2 is 1.62 bits per heavy atom. The van der Waals surface area contributed by atoms with Crippen molar-refractivity contribution in [2.24, 2.45) is 0 Å². The molecule has 1 aromatic heterocycles. The Labute approximate surface area is 121 Å². The van der Waals surface area contributed by atoms with Crippen molar-refractivity contribution in [1.82, 2.24) is 0 Å². The number of furan rings is 1. The molecule has 0 unspecified atom stereocenters. The zero-order valence-electron chi connectivity index (χ0n) is 11.2. The second kappa shape index (κ2) is 5.59. The number of carbonyl (C=O) groups is 2. The average Bonchev–Trinajstić information content (AvgIpc) is 3.04. The van der Waals surface area contributed by atoms with Crippen molar-refractivity contribution in [3.63, 3.8) is 0 Å². The van der Waals surface area contributed by atoms with E-state index in [2.05, 4.69) is 0 Å². The van der Waals surface area contributed by atoms with Crippen molar-refractivity contribution >= 4 is 12.1 Å². The van der Waals surface area contributed by atoms with E-state index < -0.39 is 0 Å². The average molecular weight is 276 g/mol. The van der Waals surface area contributed by atoms with E-state index in [1.807, 2.05) is 24.3 Å². The van der Waals surface area contributed by atoms with Crippen LogP contribution in [-0.2, 0) is 0 Å². The summed E-state index contributed by atoms with van der Waals surface area (Å²) in [5.41, 5.74) is 2.00. The van der Waals surface area contributed by atoms with E-state index in [4.69, 9.17) is 4.42 Å². The van der Waals surface area contributed by atoms with Gasteiger partial charge in [0.2, 0.25) is 0 Å². The molecule has 0 aliphatic heterocycles. The molecule has 0 fully saturated rings. The lowest BCUT2D eigenvalue weighted by atomic mass is 10.0. The maximum atomic E-state index is 12.4. The van der Waals surface area contributed by atoms with Crippen LogP contribution in [0, 0.1) is 0 Å². The summed E-state index contributed by atoms with van der Waals surface area (Å²) in [6.45, 7) is 0. The molecule has 0 spiro atoms. The fourth-order valence-corrected chi connectivity index (χ4v) is 2.14. The van der Waals surface area contributed by atoms with Gasteiger partial charge in [0.25, 0.3) is 0 Å². The molecule has 3 aromatic rings. The second-order valence-electron chi connectivity index (χ2n) is 4.60. The first-order valence-corrected chi connectivity index (χ1v) is 6.53. The van der Waals surface area contributed by atoms with Gasteiger partial charge in [0, 0.05) is 16.7 Å². The van der Waals surface area contributed by atoms with Crippen LogP contribution in [0.2, 0.25) is 0 Å². The third-order valence-electron chi connectivity index (χ3n) is 3.19. The normalized spacial score (nSPS) is 10.3. The van der Waals surface area contributed by atoms with Crippen molar-refractivity contribution in [3.8, 4) is 11.3 Å². The predicted octanol–water partition coefficient (Wildman–Crippen LogP) is 3.99. The summed E-state index contributed by atoms with van der Waals surface area (Å²) in [5.74, 6) is 0.796. The predicted molar refractivity (Wildman–Crippen MR) is 79.4 cm³/mol. The van der Waals surface area contributed by atoms with Gasteiger partial charge in [0.05, 0.1) is 0 Å². The van der Waals surface area contributed by atoms with Crippen molar-refractivity contribution < 1.29 is 14.0 Å². The van der Waals surface area contributed by atoms with Crippen LogP contribution in [0.25, 0.3) is 11.3 Å². The molecule has 0 saturated carbocycles. The summed E-state index contributed by atoms with van der Waals surface area (Å²) in [6.07, 6.45) is 0.655. The van der Waals surface area contributed by atoms with Gasteiger partial charge in [-0.15, -0.1) is 0 Å². The molecule has 0 bridgehead atoms. The summed E-state index contributed by atoms with van der Waals surface area (Å²) in [7, 11) is 0. The van der Waals surface area contributed by atoms with Gasteiger partial charge in [-0.25, -0.2) is 0 Å². The fraction of sp³-hybridized carbons (Fsp3) is 0. The summed E-state index contributed by atoms with van der Waals surface area (Å²) in [5, 5.41) is 0. The minimum absolute atomic E-state index is 0.0420. The molecule has 0 amide bonds. The SMILES string of the molecule is O=Cc1ccc(-c2cccc(C(=O)c3ccccc3)c2)o1. The Bertz CT molecular complexity index is 785. The van der Waals surface area contributed by atoms with Crippen LogP contribution in [0.4, 0.5) is 0 Å². The smallest absolute Gasteiger partial charge is 0.193 e. The highest BCUT2D eigenvalue weighted by atomic mass is 16.3. The summed E-state index contributed by atoms with van der Waals surface area (Å²) in [6, 6.07) is 19.6. The summed E-state index contributed by atoms with van der Waals surface area (Å²) in [4.78, 5) is 23.1. The van der Waals surface area contributed by atoms with Crippen molar-refractivity contribution in [2.45, 2.75) is 0 Å². The first-order chi connectivity index (χ1) is 10.3. The number of hydrogen-bond acceptors (Lipinski definition) is 3. The lowest BCUT2D eigenvalue weighted by molar-refractivity contribution is 0.103. The van der Waals surface area contributed by atoms with Crippen LogP contribution in [0.15, 0.2) is 71.1 Å². The van der Waals surface area contributed by atoms with E-state index in [1.54, 1.807) is 42.5 Å². The molecular weight excluding hydrogens is 264 g/mol. The van der Waals surface area contributed by atoms with Crippen molar-refractivity contribution in [1.29, 1.82) is 0 Å². The standard InChI is InChI=1S/C18H12O3/c19-12-16-9-10-17(21-16)14-7-4-8-15(11-14)18(20)13-5-2-1-3-6-13/h1-12H. The minimum atomic E-state index is -0.0420. The van der Waals surface area contributed by atoms with Gasteiger partial charge in [0.15, 0.2) is 17.8 Å². The van der Waals surface area contributed by atoms with Crippen LogP contribution >= 0.6 is 0 Å². The molecule has 21 heavy (non-hydrogen) atoms. The van der Waals surface area contributed by atoms with E-state index in [1.165, 1.54) is 0 Å². The van der Waals surface area contributed by atoms with Gasteiger partial charge >= 0.3 is 0 Å². The van der Waals surface area contributed by atoms with Crippen LogP contribution < -0.4 is 0 Å². The largest absolute Gasteiger partial charge is 0.453 e. The Kier molecular flexibility index (Phi) is 3.48. The van der Waals surface area contributed by atoms with Gasteiger partial charge in [-0.05, 0) is 18.2 Å². The molecule has 0 saturated heterocycles. The summed E-state index contributed by atoms with van der Waals surface area (Å²) < 4.78 is 5.38. The quantitative estimate of drug-likeness (QED) is 0.534. The molecule has 0 N–H and O–H groups in total. The zero-order valence-corrected chi connectivity index (χ0v) is 11.2. The van der Waals surface area contributed by atoms with Crippen molar-refractivity contribution in [3.05, 3.63) is 83.6 Å². The van der Waals surface area contributed by atoms with Gasteiger partial charge in [-0.2, -0.15) is 0 Å². The highest BCUT2D eigenvalue weighted by molar-refractivity contribution is 6.09. The zero-order chi connectivity index (χ0) is 14.7. The van der Waals surface area contributed by atoms with Crippen LogP contribution in [-0.4, -0.2) is 12.1 Å². The van der Waals surface area contributed by atoms with Crippen molar-refractivity contribution in [2.75, 3.05) is 0 Å². The topological polar surface area (TPSA) is 47.3 Å². The number of benzene rings is 2. The number of rotatable bonds is 4. The van der Waals surface area contributed by atoms with Gasteiger partial charge < -0.3 is 4.42 Å². The highest BCUT2D eigenvalue weighted by Gasteiger charge is 2.11. The van der Waals surface area contributed by atoms with E-state index in [-0.39, 0.29) is 11.5 Å². The number of ketones is 1. The molecule has 0 atom stereocenters. The lowest BCUT2D eigenvalue weighted by Gasteiger charge is -2.03. The molecule has 0 aliphatic rings. The van der Waals surface area contributed by atoms with E-state index in [9.17, 15) is 9.59 Å². The monoisotopic (exact) mass is 276 g/mol. The minimum Gasteiger partial charge on any atom is -0.453 e. The maximum Gasteiger partial charge on any atom is 0.193 e. The van der Waals surface area contributed by atoms with Crippen LogP contribution in [0.3, 0.4) is 0 Å². The maximum absolute atomic E-state index is 12.4.